The number of rotatable bonds is 4. The maximum absolute atomic E-state index is 12.4. The fourth-order valence-corrected chi connectivity index (χ4v) is 3.15. The smallest absolute Gasteiger partial charge is 0.325 e. The van der Waals surface area contributed by atoms with Gasteiger partial charge in [0.15, 0.2) is 0 Å². The van der Waals surface area contributed by atoms with Gasteiger partial charge in [0, 0.05) is 17.8 Å². The van der Waals surface area contributed by atoms with Gasteiger partial charge in [-0.2, -0.15) is 0 Å². The standard InChI is InChI=1S/C15H16N4O5/c20-12(16-10-3-5-11(6-4-10)19(23)24)9-18-13(21)15(17-14(18)22)7-1-2-8-15/h3-6H,1-2,7-9H2,(H,16,20)(H,17,22). The molecule has 3 rings (SSSR count). The summed E-state index contributed by atoms with van der Waals surface area (Å²) in [6, 6.07) is 4.75. The molecule has 0 radical (unpaired) electrons. The van der Waals surface area contributed by atoms with E-state index in [1.807, 2.05) is 0 Å². The number of urea groups is 1. The molecule has 1 heterocycles. The van der Waals surface area contributed by atoms with Gasteiger partial charge in [-0.15, -0.1) is 0 Å². The van der Waals surface area contributed by atoms with Crippen LogP contribution in [0.4, 0.5) is 16.2 Å². The molecule has 0 bridgehead atoms. The van der Waals surface area contributed by atoms with Gasteiger partial charge >= 0.3 is 6.03 Å². The Hall–Kier alpha value is -2.97. The summed E-state index contributed by atoms with van der Waals surface area (Å²) in [5.41, 5.74) is -0.580. The molecule has 1 saturated heterocycles. The first-order valence-corrected chi connectivity index (χ1v) is 7.60. The van der Waals surface area contributed by atoms with Crippen LogP contribution in [-0.4, -0.2) is 39.8 Å². The van der Waals surface area contributed by atoms with Crippen molar-refractivity contribution in [2.24, 2.45) is 0 Å². The van der Waals surface area contributed by atoms with E-state index in [1.165, 1.54) is 24.3 Å². The largest absolute Gasteiger partial charge is 0.325 e. The van der Waals surface area contributed by atoms with Gasteiger partial charge in [0.1, 0.15) is 12.1 Å². The van der Waals surface area contributed by atoms with Gasteiger partial charge in [0.05, 0.1) is 4.92 Å². The van der Waals surface area contributed by atoms with Crippen LogP contribution in [0.2, 0.25) is 0 Å². The molecule has 1 aromatic rings. The molecule has 0 unspecified atom stereocenters. The molecule has 126 valence electrons. The lowest BCUT2D eigenvalue weighted by atomic mass is 9.98. The van der Waals surface area contributed by atoms with Crippen molar-refractivity contribution in [3.8, 4) is 0 Å². The number of nitro groups is 1. The first-order valence-electron chi connectivity index (χ1n) is 7.60. The second-order valence-electron chi connectivity index (χ2n) is 5.96. The number of hydrogen-bond acceptors (Lipinski definition) is 5. The number of benzene rings is 1. The molecular formula is C15H16N4O5. The molecule has 1 saturated carbocycles. The molecule has 0 atom stereocenters. The average Bonchev–Trinajstić information content (AvgIpc) is 3.09. The lowest BCUT2D eigenvalue weighted by Crippen LogP contribution is -2.44. The quantitative estimate of drug-likeness (QED) is 0.490. The van der Waals surface area contributed by atoms with E-state index in [-0.39, 0.29) is 18.1 Å². The zero-order valence-corrected chi connectivity index (χ0v) is 12.8. The maximum atomic E-state index is 12.4. The number of nitrogens with zero attached hydrogens (tertiary/aromatic N) is 2. The van der Waals surface area contributed by atoms with Gasteiger partial charge in [0.2, 0.25) is 5.91 Å². The first kappa shape index (κ1) is 15.9. The zero-order valence-electron chi connectivity index (χ0n) is 12.8. The third-order valence-corrected chi connectivity index (χ3v) is 4.37. The molecular weight excluding hydrogens is 316 g/mol. The Bertz CT molecular complexity index is 709. The van der Waals surface area contributed by atoms with E-state index in [2.05, 4.69) is 10.6 Å². The number of nitro benzene ring substituents is 1. The Morgan fingerprint density at radius 1 is 1.25 bits per heavy atom. The number of amides is 4. The second-order valence-corrected chi connectivity index (χ2v) is 5.96. The Morgan fingerprint density at radius 3 is 2.46 bits per heavy atom. The van der Waals surface area contributed by atoms with E-state index in [0.29, 0.717) is 18.5 Å². The third-order valence-electron chi connectivity index (χ3n) is 4.37. The lowest BCUT2D eigenvalue weighted by Gasteiger charge is -2.19. The maximum Gasteiger partial charge on any atom is 0.325 e. The number of carbonyl (C=O) groups is 3. The molecule has 0 aromatic heterocycles. The molecule has 1 aromatic carbocycles. The minimum Gasteiger partial charge on any atom is -0.325 e. The van der Waals surface area contributed by atoms with Crippen molar-refractivity contribution in [1.29, 1.82) is 0 Å². The summed E-state index contributed by atoms with van der Waals surface area (Å²) >= 11 is 0. The van der Waals surface area contributed by atoms with E-state index in [1.54, 1.807) is 0 Å². The highest BCUT2D eigenvalue weighted by atomic mass is 16.6. The number of nitrogens with one attached hydrogen (secondary N) is 2. The molecule has 9 nitrogen and oxygen atoms in total. The third kappa shape index (κ3) is 2.80. The molecule has 1 aliphatic heterocycles. The summed E-state index contributed by atoms with van der Waals surface area (Å²) < 4.78 is 0. The minimum absolute atomic E-state index is 0.0923. The van der Waals surface area contributed by atoms with Gasteiger partial charge in [-0.05, 0) is 25.0 Å². The van der Waals surface area contributed by atoms with E-state index >= 15 is 0 Å². The van der Waals surface area contributed by atoms with Crippen LogP contribution in [0.25, 0.3) is 0 Å². The van der Waals surface area contributed by atoms with Crippen LogP contribution in [0.3, 0.4) is 0 Å². The number of imide groups is 1. The van der Waals surface area contributed by atoms with Crippen molar-refractivity contribution in [2.45, 2.75) is 31.2 Å². The van der Waals surface area contributed by atoms with Crippen LogP contribution in [0, 0.1) is 10.1 Å². The number of hydrogen-bond donors (Lipinski definition) is 2. The predicted molar refractivity (Wildman–Crippen MR) is 83.2 cm³/mol. The fraction of sp³-hybridized carbons (Fsp3) is 0.400. The van der Waals surface area contributed by atoms with Crippen molar-refractivity contribution in [3.05, 3.63) is 34.4 Å². The average molecular weight is 332 g/mol. The Kier molecular flexibility index (Phi) is 3.92. The SMILES string of the molecule is O=C(CN1C(=O)NC2(CCCC2)C1=O)Nc1ccc([N+](=O)[O-])cc1. The van der Waals surface area contributed by atoms with Crippen molar-refractivity contribution in [3.63, 3.8) is 0 Å². The van der Waals surface area contributed by atoms with Crippen molar-refractivity contribution >= 4 is 29.2 Å². The Labute approximate surface area is 137 Å². The van der Waals surface area contributed by atoms with Gasteiger partial charge in [0.25, 0.3) is 11.6 Å². The highest BCUT2D eigenvalue weighted by Crippen LogP contribution is 2.34. The van der Waals surface area contributed by atoms with Crippen LogP contribution in [0.1, 0.15) is 25.7 Å². The minimum atomic E-state index is -0.843. The summed E-state index contributed by atoms with van der Waals surface area (Å²) in [6.07, 6.45) is 2.93. The van der Waals surface area contributed by atoms with Crippen LogP contribution < -0.4 is 10.6 Å². The van der Waals surface area contributed by atoms with E-state index in [4.69, 9.17) is 0 Å². The molecule has 1 spiro atoms. The monoisotopic (exact) mass is 332 g/mol. The van der Waals surface area contributed by atoms with Gasteiger partial charge < -0.3 is 10.6 Å². The summed E-state index contributed by atoms with van der Waals surface area (Å²) in [5.74, 6) is -0.897. The topological polar surface area (TPSA) is 122 Å². The molecule has 2 aliphatic rings. The first-order chi connectivity index (χ1) is 11.4. The van der Waals surface area contributed by atoms with Crippen molar-refractivity contribution < 1.29 is 19.3 Å². The van der Waals surface area contributed by atoms with Gasteiger partial charge in [-0.3, -0.25) is 24.6 Å². The number of non-ortho nitro benzene ring substituents is 1. The van der Waals surface area contributed by atoms with Crippen LogP contribution in [0.5, 0.6) is 0 Å². The molecule has 2 fully saturated rings. The molecule has 24 heavy (non-hydrogen) atoms. The van der Waals surface area contributed by atoms with E-state index in [0.717, 1.165) is 17.7 Å². The summed E-state index contributed by atoms with van der Waals surface area (Å²) in [4.78, 5) is 47.5. The van der Waals surface area contributed by atoms with E-state index < -0.39 is 22.4 Å². The van der Waals surface area contributed by atoms with Crippen LogP contribution >= 0.6 is 0 Å². The van der Waals surface area contributed by atoms with Crippen molar-refractivity contribution in [1.82, 2.24) is 10.2 Å². The van der Waals surface area contributed by atoms with Crippen molar-refractivity contribution in [2.75, 3.05) is 11.9 Å². The molecule has 4 amide bonds. The lowest BCUT2D eigenvalue weighted by molar-refractivity contribution is -0.384. The predicted octanol–water partition coefficient (Wildman–Crippen LogP) is 1.40. The Balaban J connectivity index is 1.63. The van der Waals surface area contributed by atoms with Crippen LogP contribution in [-0.2, 0) is 9.59 Å². The highest BCUT2D eigenvalue weighted by molar-refractivity contribution is 6.10. The number of anilines is 1. The highest BCUT2D eigenvalue weighted by Gasteiger charge is 2.52. The molecule has 9 heteroatoms. The summed E-state index contributed by atoms with van der Waals surface area (Å²) in [5, 5.41) is 15.8. The molecule has 2 N–H and O–H groups in total. The Morgan fingerprint density at radius 2 is 1.88 bits per heavy atom. The second kappa shape index (κ2) is 5.91. The van der Waals surface area contributed by atoms with E-state index in [9.17, 15) is 24.5 Å². The van der Waals surface area contributed by atoms with Crippen LogP contribution in [0.15, 0.2) is 24.3 Å². The number of carbonyl (C=O) groups excluding carboxylic acids is 3. The zero-order chi connectivity index (χ0) is 17.3. The normalized spacial score (nSPS) is 18.8. The fourth-order valence-electron chi connectivity index (χ4n) is 3.15. The summed E-state index contributed by atoms with van der Waals surface area (Å²) in [7, 11) is 0. The molecule has 1 aliphatic carbocycles. The van der Waals surface area contributed by atoms with Gasteiger partial charge in [-0.1, -0.05) is 12.8 Å². The summed E-state index contributed by atoms with van der Waals surface area (Å²) in [6.45, 7) is -0.386. The van der Waals surface area contributed by atoms with Gasteiger partial charge in [-0.25, -0.2) is 4.79 Å².